The van der Waals surface area contributed by atoms with Crippen molar-refractivity contribution in [2.75, 3.05) is 10.6 Å². The van der Waals surface area contributed by atoms with Crippen LogP contribution in [0.3, 0.4) is 0 Å². The van der Waals surface area contributed by atoms with Crippen molar-refractivity contribution in [1.82, 2.24) is 10.3 Å². The highest BCUT2D eigenvalue weighted by atomic mass is 16.3. The van der Waals surface area contributed by atoms with Crippen molar-refractivity contribution in [1.29, 1.82) is 0 Å². The van der Waals surface area contributed by atoms with E-state index < -0.39 is 11.5 Å². The minimum Gasteiger partial charge on any atom is -0.463 e. The van der Waals surface area contributed by atoms with E-state index in [1.807, 2.05) is 13.8 Å². The largest absolute Gasteiger partial charge is 0.463 e. The zero-order valence-corrected chi connectivity index (χ0v) is 15.4. The van der Waals surface area contributed by atoms with Crippen LogP contribution in [-0.2, 0) is 0 Å². The molecular weight excluding hydrogens is 360 g/mol. The smallest absolute Gasteiger partial charge is 0.319 e. The molecule has 4 N–H and O–H groups in total. The average molecular weight is 380 g/mol. The second kappa shape index (κ2) is 8.26. The molecule has 0 aliphatic rings. The van der Waals surface area contributed by atoms with Crippen molar-refractivity contribution in [2.45, 2.75) is 19.9 Å². The molecule has 0 radical (unpaired) electrons. The van der Waals surface area contributed by atoms with Gasteiger partial charge in [-0.1, -0.05) is 0 Å². The van der Waals surface area contributed by atoms with Crippen LogP contribution in [0, 0.1) is 0 Å². The van der Waals surface area contributed by atoms with E-state index in [4.69, 9.17) is 4.42 Å². The molecule has 0 saturated heterocycles. The number of benzene rings is 1. The van der Waals surface area contributed by atoms with Gasteiger partial charge in [0.05, 0.1) is 12.0 Å². The highest BCUT2D eigenvalue weighted by Crippen LogP contribution is 2.17. The summed E-state index contributed by atoms with van der Waals surface area (Å²) in [5.41, 5.74) is 1.02. The second-order valence-electron chi connectivity index (χ2n) is 6.38. The Morgan fingerprint density at radius 2 is 1.64 bits per heavy atom. The number of carbonyl (C=O) groups is 2. The van der Waals surface area contributed by atoms with E-state index in [1.54, 1.807) is 42.5 Å². The lowest BCUT2D eigenvalue weighted by Crippen LogP contribution is -2.34. The molecule has 8 nitrogen and oxygen atoms in total. The predicted octanol–water partition coefficient (Wildman–Crippen LogP) is 3.42. The summed E-state index contributed by atoms with van der Waals surface area (Å²) in [6.07, 6.45) is 1.50. The van der Waals surface area contributed by atoms with Gasteiger partial charge in [-0.3, -0.25) is 9.59 Å². The van der Waals surface area contributed by atoms with Gasteiger partial charge in [-0.15, -0.1) is 0 Å². The number of aromatic nitrogens is 1. The van der Waals surface area contributed by atoms with Gasteiger partial charge in [0.25, 0.3) is 11.5 Å². The molecule has 1 aromatic carbocycles. The molecule has 0 fully saturated rings. The van der Waals surface area contributed by atoms with Crippen molar-refractivity contribution in [2.24, 2.45) is 0 Å². The topological polar surface area (TPSA) is 116 Å². The SMILES string of the molecule is CC(C)NC(=O)Nc1ccc(NC(=O)c2ccc(-c3ccco3)[nH]c2=O)cc1. The van der Waals surface area contributed by atoms with Gasteiger partial charge in [-0.25, -0.2) is 4.79 Å². The summed E-state index contributed by atoms with van der Waals surface area (Å²) in [7, 11) is 0. The first kappa shape index (κ1) is 19.0. The Hall–Kier alpha value is -3.81. The number of rotatable bonds is 5. The van der Waals surface area contributed by atoms with Crippen LogP contribution >= 0.6 is 0 Å². The van der Waals surface area contributed by atoms with Gasteiger partial charge in [0, 0.05) is 17.4 Å². The standard InChI is InChI=1S/C20H20N4O4/c1-12(2)21-20(27)23-14-7-5-13(6-8-14)22-18(25)15-9-10-16(24-19(15)26)17-4-3-11-28-17/h3-12H,1-2H3,(H,22,25)(H,24,26)(H2,21,23,27). The summed E-state index contributed by atoms with van der Waals surface area (Å²) in [4.78, 5) is 38.9. The van der Waals surface area contributed by atoms with E-state index >= 15 is 0 Å². The zero-order valence-electron chi connectivity index (χ0n) is 15.4. The highest BCUT2D eigenvalue weighted by molar-refractivity contribution is 6.04. The number of hydrogen-bond acceptors (Lipinski definition) is 4. The molecule has 0 saturated carbocycles. The molecule has 3 aromatic rings. The third-order valence-corrected chi connectivity index (χ3v) is 3.76. The second-order valence-corrected chi connectivity index (χ2v) is 6.38. The summed E-state index contributed by atoms with van der Waals surface area (Å²) in [5.74, 6) is -0.0286. The Morgan fingerprint density at radius 1 is 0.964 bits per heavy atom. The first-order chi connectivity index (χ1) is 13.4. The number of urea groups is 1. The maximum atomic E-state index is 12.4. The molecule has 0 unspecified atom stereocenters. The van der Waals surface area contributed by atoms with Gasteiger partial charge in [0.1, 0.15) is 11.3 Å². The van der Waals surface area contributed by atoms with Gasteiger partial charge < -0.3 is 25.4 Å². The number of anilines is 2. The predicted molar refractivity (Wildman–Crippen MR) is 106 cm³/mol. The Balaban J connectivity index is 1.66. The first-order valence-corrected chi connectivity index (χ1v) is 8.68. The molecule has 3 amide bonds. The Morgan fingerprint density at radius 3 is 2.21 bits per heavy atom. The van der Waals surface area contributed by atoms with Crippen LogP contribution in [0.5, 0.6) is 0 Å². The minimum atomic E-state index is -0.537. The molecule has 0 atom stereocenters. The molecule has 8 heteroatoms. The number of nitrogens with one attached hydrogen (secondary N) is 4. The van der Waals surface area contributed by atoms with Crippen LogP contribution < -0.4 is 21.5 Å². The van der Waals surface area contributed by atoms with Crippen molar-refractivity contribution < 1.29 is 14.0 Å². The molecule has 0 aliphatic carbocycles. The first-order valence-electron chi connectivity index (χ1n) is 8.68. The Kier molecular flexibility index (Phi) is 5.59. The molecular formula is C20H20N4O4. The fourth-order valence-electron chi connectivity index (χ4n) is 2.49. The van der Waals surface area contributed by atoms with Crippen LogP contribution in [0.1, 0.15) is 24.2 Å². The Labute approximate surface area is 161 Å². The van der Waals surface area contributed by atoms with Gasteiger partial charge in [-0.2, -0.15) is 0 Å². The van der Waals surface area contributed by atoms with E-state index in [2.05, 4.69) is 20.9 Å². The number of carbonyl (C=O) groups excluding carboxylic acids is 2. The van der Waals surface area contributed by atoms with E-state index in [-0.39, 0.29) is 17.6 Å². The number of amides is 3. The minimum absolute atomic E-state index is 0.0196. The van der Waals surface area contributed by atoms with Crippen LogP contribution in [0.2, 0.25) is 0 Å². The summed E-state index contributed by atoms with van der Waals surface area (Å²) >= 11 is 0. The quantitative estimate of drug-likeness (QED) is 0.543. The van der Waals surface area contributed by atoms with Crippen molar-refractivity contribution in [3.63, 3.8) is 0 Å². The fourth-order valence-corrected chi connectivity index (χ4v) is 2.49. The van der Waals surface area contributed by atoms with Gasteiger partial charge >= 0.3 is 6.03 Å². The van der Waals surface area contributed by atoms with Crippen LogP contribution in [0.15, 0.2) is 64.0 Å². The maximum absolute atomic E-state index is 12.4. The van der Waals surface area contributed by atoms with Crippen molar-refractivity contribution >= 4 is 23.3 Å². The lowest BCUT2D eigenvalue weighted by Gasteiger charge is -2.11. The highest BCUT2D eigenvalue weighted by Gasteiger charge is 2.13. The van der Waals surface area contributed by atoms with Crippen molar-refractivity contribution in [3.8, 4) is 11.5 Å². The van der Waals surface area contributed by atoms with E-state index in [0.29, 0.717) is 22.8 Å². The fraction of sp³-hybridized carbons (Fsp3) is 0.150. The average Bonchev–Trinajstić information content (AvgIpc) is 3.17. The molecule has 2 heterocycles. The van der Waals surface area contributed by atoms with Gasteiger partial charge in [0.15, 0.2) is 0 Å². The number of furan rings is 1. The number of hydrogen-bond donors (Lipinski definition) is 4. The van der Waals surface area contributed by atoms with Gasteiger partial charge in [-0.05, 0) is 62.4 Å². The molecule has 28 heavy (non-hydrogen) atoms. The van der Waals surface area contributed by atoms with E-state index in [9.17, 15) is 14.4 Å². The summed E-state index contributed by atoms with van der Waals surface area (Å²) < 4.78 is 5.23. The summed E-state index contributed by atoms with van der Waals surface area (Å²) in [6.45, 7) is 3.72. The third kappa shape index (κ3) is 4.67. The number of aromatic amines is 1. The zero-order chi connectivity index (χ0) is 20.1. The van der Waals surface area contributed by atoms with Crippen molar-refractivity contribution in [3.05, 3.63) is 70.7 Å². The molecule has 0 bridgehead atoms. The molecule has 144 valence electrons. The van der Waals surface area contributed by atoms with Crippen LogP contribution in [-0.4, -0.2) is 23.0 Å². The molecule has 3 rings (SSSR count). The molecule has 0 aliphatic heterocycles. The lowest BCUT2D eigenvalue weighted by molar-refractivity contribution is 0.102. The normalized spacial score (nSPS) is 10.5. The molecule has 2 aromatic heterocycles. The number of H-pyrrole nitrogens is 1. The molecule has 0 spiro atoms. The number of pyridine rings is 1. The van der Waals surface area contributed by atoms with E-state index in [1.165, 1.54) is 12.3 Å². The maximum Gasteiger partial charge on any atom is 0.319 e. The third-order valence-electron chi connectivity index (χ3n) is 3.76. The summed E-state index contributed by atoms with van der Waals surface area (Å²) in [5, 5.41) is 8.06. The van der Waals surface area contributed by atoms with Gasteiger partial charge in [0.2, 0.25) is 0 Å². The van der Waals surface area contributed by atoms with Crippen LogP contribution in [0.25, 0.3) is 11.5 Å². The monoisotopic (exact) mass is 380 g/mol. The summed E-state index contributed by atoms with van der Waals surface area (Å²) in [6, 6.07) is 12.8. The Bertz CT molecular complexity index is 1020. The van der Waals surface area contributed by atoms with E-state index in [0.717, 1.165) is 0 Å². The lowest BCUT2D eigenvalue weighted by atomic mass is 10.2. The van der Waals surface area contributed by atoms with Crippen LogP contribution in [0.4, 0.5) is 16.2 Å².